The maximum atomic E-state index is 2.42. The van der Waals surface area contributed by atoms with Crippen LogP contribution in [0.15, 0.2) is 194 Å². The van der Waals surface area contributed by atoms with Gasteiger partial charge in [0.2, 0.25) is 0 Å². The predicted molar refractivity (Wildman–Crippen MR) is 224 cm³/mol. The minimum Gasteiger partial charge on any atom is -0.310 e. The van der Waals surface area contributed by atoms with Gasteiger partial charge in [-0.25, -0.2) is 0 Å². The number of hydrogen-bond donors (Lipinski definition) is 0. The largest absolute Gasteiger partial charge is 0.310 e. The molecule has 1 heterocycles. The molecule has 0 spiro atoms. The molecule has 2 nitrogen and oxygen atoms in total. The second-order valence-corrected chi connectivity index (χ2v) is 14.6. The summed E-state index contributed by atoms with van der Waals surface area (Å²) in [5.74, 6) is 0. The summed E-state index contributed by atoms with van der Waals surface area (Å²) in [4.78, 5) is 2.42. The summed E-state index contributed by atoms with van der Waals surface area (Å²) in [6.07, 6.45) is 0. The molecule has 0 N–H and O–H groups in total. The van der Waals surface area contributed by atoms with Gasteiger partial charge < -0.3 is 9.47 Å². The first-order chi connectivity index (χ1) is 26.1. The molecule has 0 amide bonds. The van der Waals surface area contributed by atoms with Crippen LogP contribution in [0.25, 0.3) is 60.9 Å². The third kappa shape index (κ3) is 5.02. The predicted octanol–water partition coefficient (Wildman–Crippen LogP) is 13.9. The Kier molecular flexibility index (Phi) is 7.19. The molecule has 0 atom stereocenters. The van der Waals surface area contributed by atoms with Crippen molar-refractivity contribution < 1.29 is 0 Å². The summed E-state index contributed by atoms with van der Waals surface area (Å²) in [7, 11) is 0. The van der Waals surface area contributed by atoms with Crippen molar-refractivity contribution in [3.05, 3.63) is 205 Å². The van der Waals surface area contributed by atoms with E-state index < -0.39 is 0 Å². The number of anilines is 3. The number of nitrogens with zero attached hydrogens (tertiary/aromatic N) is 2. The van der Waals surface area contributed by atoms with Crippen LogP contribution in [-0.4, -0.2) is 4.57 Å². The second kappa shape index (κ2) is 12.3. The van der Waals surface area contributed by atoms with Crippen LogP contribution in [0.3, 0.4) is 0 Å². The first kappa shape index (κ1) is 31.1. The van der Waals surface area contributed by atoms with Gasteiger partial charge in [-0.05, 0) is 105 Å². The third-order valence-corrected chi connectivity index (χ3v) is 11.2. The van der Waals surface area contributed by atoms with Gasteiger partial charge in [-0.15, -0.1) is 0 Å². The topological polar surface area (TPSA) is 8.17 Å². The van der Waals surface area contributed by atoms with Crippen molar-refractivity contribution in [1.82, 2.24) is 4.57 Å². The molecule has 8 aromatic carbocycles. The van der Waals surface area contributed by atoms with Gasteiger partial charge in [0.25, 0.3) is 0 Å². The highest BCUT2D eigenvalue weighted by Gasteiger charge is 2.35. The van der Waals surface area contributed by atoms with E-state index in [1.807, 2.05) is 0 Å². The summed E-state index contributed by atoms with van der Waals surface area (Å²) in [6, 6.07) is 70.8. The normalized spacial score (nSPS) is 12.9. The summed E-state index contributed by atoms with van der Waals surface area (Å²) in [5, 5.41) is 2.47. The van der Waals surface area contributed by atoms with Crippen LogP contribution >= 0.6 is 0 Å². The molecular weight excluding hydrogens is 641 g/mol. The van der Waals surface area contributed by atoms with E-state index >= 15 is 0 Å². The van der Waals surface area contributed by atoms with Gasteiger partial charge in [0.05, 0.1) is 11.0 Å². The van der Waals surface area contributed by atoms with Crippen molar-refractivity contribution in [2.75, 3.05) is 4.90 Å². The molecule has 0 saturated heterocycles. The molecule has 0 bridgehead atoms. The molecule has 0 radical (unpaired) electrons. The highest BCUT2D eigenvalue weighted by atomic mass is 15.1. The summed E-state index contributed by atoms with van der Waals surface area (Å²) in [6.45, 7) is 4.71. The van der Waals surface area contributed by atoms with Gasteiger partial charge >= 0.3 is 0 Å². The Balaban J connectivity index is 1.19. The first-order valence-corrected chi connectivity index (χ1v) is 18.4. The van der Waals surface area contributed by atoms with E-state index in [0.717, 1.165) is 22.7 Å². The lowest BCUT2D eigenvalue weighted by Crippen LogP contribution is -2.16. The zero-order valence-corrected chi connectivity index (χ0v) is 29.9. The average Bonchev–Trinajstić information content (AvgIpc) is 3.67. The molecule has 0 saturated carbocycles. The molecule has 10 rings (SSSR count). The van der Waals surface area contributed by atoms with E-state index in [-0.39, 0.29) is 5.41 Å². The maximum absolute atomic E-state index is 2.42. The fraction of sp³-hybridized carbons (Fsp3) is 0.0588. The van der Waals surface area contributed by atoms with E-state index in [2.05, 4.69) is 217 Å². The molecule has 1 aliphatic rings. The zero-order valence-electron chi connectivity index (χ0n) is 29.9. The van der Waals surface area contributed by atoms with E-state index in [1.165, 1.54) is 66.3 Å². The van der Waals surface area contributed by atoms with Crippen LogP contribution in [0.1, 0.15) is 25.0 Å². The Bertz CT molecular complexity index is 2780. The van der Waals surface area contributed by atoms with E-state index in [1.54, 1.807) is 0 Å². The molecule has 0 aliphatic heterocycles. The van der Waals surface area contributed by atoms with Crippen molar-refractivity contribution in [1.29, 1.82) is 0 Å². The van der Waals surface area contributed by atoms with Crippen molar-refractivity contribution in [2.24, 2.45) is 0 Å². The van der Waals surface area contributed by atoms with Gasteiger partial charge in [-0.1, -0.05) is 147 Å². The molecular formula is C51H38N2. The molecule has 9 aromatic rings. The summed E-state index contributed by atoms with van der Waals surface area (Å²) >= 11 is 0. The quantitative estimate of drug-likeness (QED) is 0.170. The van der Waals surface area contributed by atoms with Crippen LogP contribution < -0.4 is 4.90 Å². The fourth-order valence-corrected chi connectivity index (χ4v) is 8.62. The van der Waals surface area contributed by atoms with E-state index in [4.69, 9.17) is 0 Å². The molecule has 0 unspecified atom stereocenters. The Labute approximate surface area is 310 Å². The monoisotopic (exact) mass is 678 g/mol. The third-order valence-electron chi connectivity index (χ3n) is 11.2. The second-order valence-electron chi connectivity index (χ2n) is 14.6. The van der Waals surface area contributed by atoms with Crippen LogP contribution in [0.5, 0.6) is 0 Å². The standard InChI is InChI=1S/C51H38N2/c1-51(2)46-23-13-12-21-43(46)44-31-29-41(34-47(44)51)52(38-17-8-4-9-18-38)40-30-32-48-45(33-40)50-42(22-14-24-49(50)53(48)39-19-10-5-11-20-39)37-27-25-36(26-28-37)35-15-6-3-7-16-35/h3-34H,1-2H3. The van der Waals surface area contributed by atoms with Crippen molar-refractivity contribution in [3.8, 4) is 39.1 Å². The number of aromatic nitrogens is 1. The van der Waals surface area contributed by atoms with Crippen molar-refractivity contribution in [2.45, 2.75) is 19.3 Å². The van der Waals surface area contributed by atoms with Gasteiger partial charge in [-0.2, -0.15) is 0 Å². The van der Waals surface area contributed by atoms with Crippen LogP contribution in [0.4, 0.5) is 17.1 Å². The number of hydrogen-bond acceptors (Lipinski definition) is 1. The SMILES string of the molecule is CC1(C)c2ccccc2-c2ccc(N(c3ccccc3)c3ccc4c(c3)c3c(-c5ccc(-c6ccccc6)cc5)cccc3n4-c3ccccc3)cc21. The van der Waals surface area contributed by atoms with Gasteiger partial charge in [0, 0.05) is 38.9 Å². The average molecular weight is 679 g/mol. The van der Waals surface area contributed by atoms with Crippen LogP contribution in [0.2, 0.25) is 0 Å². The number of fused-ring (bicyclic) bond motifs is 6. The van der Waals surface area contributed by atoms with Crippen LogP contribution in [-0.2, 0) is 5.41 Å². The molecule has 0 fully saturated rings. The Morgan fingerprint density at radius 3 is 1.75 bits per heavy atom. The lowest BCUT2D eigenvalue weighted by Gasteiger charge is -2.28. The minimum absolute atomic E-state index is 0.0949. The van der Waals surface area contributed by atoms with Gasteiger partial charge in [-0.3, -0.25) is 0 Å². The van der Waals surface area contributed by atoms with Crippen LogP contribution in [0, 0.1) is 0 Å². The number of benzene rings is 8. The number of rotatable bonds is 6. The molecule has 252 valence electrons. The molecule has 1 aliphatic carbocycles. The number of para-hydroxylation sites is 2. The lowest BCUT2D eigenvalue weighted by atomic mass is 9.82. The molecule has 1 aromatic heterocycles. The van der Waals surface area contributed by atoms with Gasteiger partial charge in [0.1, 0.15) is 0 Å². The summed E-state index contributed by atoms with van der Waals surface area (Å²) < 4.78 is 2.41. The minimum atomic E-state index is -0.0949. The lowest BCUT2D eigenvalue weighted by molar-refractivity contribution is 0.660. The Hall–Kier alpha value is -6.64. The summed E-state index contributed by atoms with van der Waals surface area (Å²) in [5.41, 5.74) is 17.1. The fourth-order valence-electron chi connectivity index (χ4n) is 8.62. The van der Waals surface area contributed by atoms with Crippen molar-refractivity contribution in [3.63, 3.8) is 0 Å². The Morgan fingerprint density at radius 2 is 0.981 bits per heavy atom. The highest BCUT2D eigenvalue weighted by molar-refractivity contribution is 6.16. The molecule has 2 heteroatoms. The zero-order chi connectivity index (χ0) is 35.5. The smallest absolute Gasteiger partial charge is 0.0547 e. The molecule has 53 heavy (non-hydrogen) atoms. The van der Waals surface area contributed by atoms with E-state index in [0.29, 0.717) is 0 Å². The Morgan fingerprint density at radius 1 is 0.396 bits per heavy atom. The van der Waals surface area contributed by atoms with Gasteiger partial charge in [0.15, 0.2) is 0 Å². The highest BCUT2D eigenvalue weighted by Crippen LogP contribution is 2.51. The van der Waals surface area contributed by atoms with E-state index in [9.17, 15) is 0 Å². The maximum Gasteiger partial charge on any atom is 0.0547 e. The van der Waals surface area contributed by atoms with Crippen molar-refractivity contribution >= 4 is 38.9 Å². The first-order valence-electron chi connectivity index (χ1n) is 18.4.